The molecule has 5 heteroatoms. The quantitative estimate of drug-likeness (QED) is 0.845. The van der Waals surface area contributed by atoms with E-state index in [1.807, 2.05) is 30.0 Å². The monoisotopic (exact) mass is 350 g/mol. The summed E-state index contributed by atoms with van der Waals surface area (Å²) in [6.07, 6.45) is 2.43. The van der Waals surface area contributed by atoms with Crippen LogP contribution in [0.5, 0.6) is 0 Å². The van der Waals surface area contributed by atoms with Crippen LogP contribution >= 0.6 is 15.9 Å². The molecule has 2 aliphatic heterocycles. The van der Waals surface area contributed by atoms with E-state index < -0.39 is 0 Å². The molecule has 21 heavy (non-hydrogen) atoms. The molecular formula is C16H19BrN2O2. The van der Waals surface area contributed by atoms with E-state index >= 15 is 0 Å². The normalized spacial score (nSPS) is 20.7. The summed E-state index contributed by atoms with van der Waals surface area (Å²) >= 11 is 3.48. The first-order valence-electron chi connectivity index (χ1n) is 7.31. The number of rotatable bonds is 1. The third-order valence-electron chi connectivity index (χ3n) is 4.73. The summed E-state index contributed by atoms with van der Waals surface area (Å²) < 4.78 is 0.965. The van der Waals surface area contributed by atoms with Crippen LogP contribution in [-0.4, -0.2) is 36.3 Å². The number of hydrogen-bond acceptors (Lipinski definition) is 2. The fraction of sp³-hybridized carbons (Fsp3) is 0.500. The second-order valence-electron chi connectivity index (χ2n) is 6.21. The Morgan fingerprint density at radius 2 is 2.05 bits per heavy atom. The number of benzene rings is 1. The maximum atomic E-state index is 12.6. The molecular weight excluding hydrogens is 332 g/mol. The van der Waals surface area contributed by atoms with Gasteiger partial charge in [-0.3, -0.25) is 9.59 Å². The highest BCUT2D eigenvalue weighted by Gasteiger charge is 2.41. The predicted molar refractivity (Wildman–Crippen MR) is 84.1 cm³/mol. The van der Waals surface area contributed by atoms with Gasteiger partial charge in [-0.1, -0.05) is 22.0 Å². The van der Waals surface area contributed by atoms with Crippen molar-refractivity contribution in [2.45, 2.75) is 26.2 Å². The fourth-order valence-corrected chi connectivity index (χ4v) is 3.58. The van der Waals surface area contributed by atoms with Crippen molar-refractivity contribution in [3.05, 3.63) is 33.8 Å². The number of aryl methyl sites for hydroxylation is 1. The molecule has 0 aliphatic carbocycles. The maximum absolute atomic E-state index is 12.6. The second-order valence-corrected chi connectivity index (χ2v) is 7.06. The second kappa shape index (κ2) is 5.44. The van der Waals surface area contributed by atoms with Crippen LogP contribution in [0, 0.1) is 12.3 Å². The molecule has 4 nitrogen and oxygen atoms in total. The third-order valence-corrected chi connectivity index (χ3v) is 5.58. The molecule has 2 amide bonds. The first kappa shape index (κ1) is 14.6. The van der Waals surface area contributed by atoms with Crippen molar-refractivity contribution in [2.75, 3.05) is 19.6 Å². The SMILES string of the molecule is Cc1ccc(C(=O)N2CCC3(CC2)CNC(=O)C3)cc1Br. The number of nitrogens with one attached hydrogen (secondary N) is 1. The van der Waals surface area contributed by atoms with Crippen LogP contribution in [0.1, 0.15) is 35.2 Å². The molecule has 3 rings (SSSR count). The van der Waals surface area contributed by atoms with Crippen molar-refractivity contribution in [2.24, 2.45) is 5.41 Å². The summed E-state index contributed by atoms with van der Waals surface area (Å²) in [5.41, 5.74) is 1.94. The largest absolute Gasteiger partial charge is 0.356 e. The van der Waals surface area contributed by atoms with E-state index in [1.54, 1.807) is 0 Å². The number of hydrogen-bond donors (Lipinski definition) is 1. The molecule has 0 aromatic heterocycles. The van der Waals surface area contributed by atoms with E-state index in [9.17, 15) is 9.59 Å². The van der Waals surface area contributed by atoms with Crippen molar-refractivity contribution in [1.29, 1.82) is 0 Å². The van der Waals surface area contributed by atoms with E-state index in [0.29, 0.717) is 6.42 Å². The fourth-order valence-electron chi connectivity index (χ4n) is 3.20. The standard InChI is InChI=1S/C16H19BrN2O2/c1-11-2-3-12(8-13(11)17)15(21)19-6-4-16(5-7-19)9-14(20)18-10-16/h2-3,8H,4-7,9-10H2,1H3,(H,18,20). The predicted octanol–water partition coefficient (Wildman–Crippen LogP) is 2.50. The summed E-state index contributed by atoms with van der Waals surface area (Å²) in [6, 6.07) is 5.73. The molecule has 2 heterocycles. The van der Waals surface area contributed by atoms with Crippen LogP contribution < -0.4 is 5.32 Å². The Hall–Kier alpha value is -1.36. The van der Waals surface area contributed by atoms with Gasteiger partial charge in [-0.2, -0.15) is 0 Å². The summed E-state index contributed by atoms with van der Waals surface area (Å²) in [6.45, 7) is 4.25. The van der Waals surface area contributed by atoms with E-state index in [0.717, 1.165) is 48.1 Å². The van der Waals surface area contributed by atoms with Crippen LogP contribution in [0.2, 0.25) is 0 Å². The molecule has 0 unspecified atom stereocenters. The number of carbonyl (C=O) groups excluding carboxylic acids is 2. The van der Waals surface area contributed by atoms with Gasteiger partial charge in [0.05, 0.1) is 0 Å². The number of amides is 2. The number of nitrogens with zero attached hydrogens (tertiary/aromatic N) is 1. The molecule has 2 fully saturated rings. The van der Waals surface area contributed by atoms with Gasteiger partial charge in [-0.25, -0.2) is 0 Å². The molecule has 1 aromatic carbocycles. The van der Waals surface area contributed by atoms with Gasteiger partial charge >= 0.3 is 0 Å². The Bertz CT molecular complexity index is 592. The number of halogens is 1. The number of piperidine rings is 1. The van der Waals surface area contributed by atoms with Crippen LogP contribution in [0.4, 0.5) is 0 Å². The maximum Gasteiger partial charge on any atom is 0.253 e. The Balaban J connectivity index is 1.67. The Kier molecular flexibility index (Phi) is 3.78. The zero-order valence-electron chi connectivity index (χ0n) is 12.1. The molecule has 1 spiro atoms. The van der Waals surface area contributed by atoms with Gasteiger partial charge in [-0.15, -0.1) is 0 Å². The zero-order chi connectivity index (χ0) is 15.0. The Labute approximate surface area is 133 Å². The van der Waals surface area contributed by atoms with Gasteiger partial charge < -0.3 is 10.2 Å². The van der Waals surface area contributed by atoms with Crippen LogP contribution in [0.15, 0.2) is 22.7 Å². The molecule has 1 N–H and O–H groups in total. The first-order chi connectivity index (χ1) is 9.99. The summed E-state index contributed by atoms with van der Waals surface area (Å²) in [5.74, 6) is 0.236. The van der Waals surface area contributed by atoms with Crippen molar-refractivity contribution in [3.63, 3.8) is 0 Å². The van der Waals surface area contributed by atoms with E-state index in [2.05, 4.69) is 21.2 Å². The minimum atomic E-state index is 0.0850. The smallest absolute Gasteiger partial charge is 0.253 e. The van der Waals surface area contributed by atoms with Gasteiger partial charge in [0.15, 0.2) is 0 Å². The topological polar surface area (TPSA) is 49.4 Å². The molecule has 0 saturated carbocycles. The Morgan fingerprint density at radius 3 is 2.62 bits per heavy atom. The lowest BCUT2D eigenvalue weighted by molar-refractivity contribution is -0.119. The van der Waals surface area contributed by atoms with Gasteiger partial charge in [-0.05, 0) is 42.9 Å². The summed E-state index contributed by atoms with van der Waals surface area (Å²) in [5, 5.41) is 2.92. The lowest BCUT2D eigenvalue weighted by Gasteiger charge is -2.38. The average molecular weight is 351 g/mol. The lowest BCUT2D eigenvalue weighted by Crippen LogP contribution is -2.44. The Morgan fingerprint density at radius 1 is 1.33 bits per heavy atom. The van der Waals surface area contributed by atoms with Crippen LogP contribution in [0.25, 0.3) is 0 Å². The molecule has 0 radical (unpaired) electrons. The number of likely N-dealkylation sites (tertiary alicyclic amines) is 1. The molecule has 2 aliphatic rings. The van der Waals surface area contributed by atoms with Gasteiger partial charge in [0.25, 0.3) is 5.91 Å². The minimum absolute atomic E-state index is 0.0850. The van der Waals surface area contributed by atoms with E-state index in [-0.39, 0.29) is 17.2 Å². The minimum Gasteiger partial charge on any atom is -0.356 e. The molecule has 0 atom stereocenters. The highest BCUT2D eigenvalue weighted by Crippen LogP contribution is 2.37. The van der Waals surface area contributed by atoms with Crippen LogP contribution in [0.3, 0.4) is 0 Å². The van der Waals surface area contributed by atoms with Gasteiger partial charge in [0.1, 0.15) is 0 Å². The molecule has 2 saturated heterocycles. The third kappa shape index (κ3) is 2.84. The van der Waals surface area contributed by atoms with Crippen LogP contribution in [-0.2, 0) is 4.79 Å². The van der Waals surface area contributed by atoms with E-state index in [1.165, 1.54) is 0 Å². The van der Waals surface area contributed by atoms with Gasteiger partial charge in [0.2, 0.25) is 5.91 Å². The summed E-state index contributed by atoms with van der Waals surface area (Å²) in [7, 11) is 0. The van der Waals surface area contributed by atoms with Gasteiger partial charge in [0, 0.05) is 36.1 Å². The first-order valence-corrected chi connectivity index (χ1v) is 8.11. The number of carbonyl (C=O) groups is 2. The lowest BCUT2D eigenvalue weighted by atomic mass is 9.77. The zero-order valence-corrected chi connectivity index (χ0v) is 13.7. The highest BCUT2D eigenvalue weighted by atomic mass is 79.9. The van der Waals surface area contributed by atoms with Crippen molar-refractivity contribution in [3.8, 4) is 0 Å². The molecule has 0 bridgehead atoms. The van der Waals surface area contributed by atoms with Crippen molar-refractivity contribution >= 4 is 27.7 Å². The van der Waals surface area contributed by atoms with Crippen molar-refractivity contribution < 1.29 is 9.59 Å². The molecule has 112 valence electrons. The molecule has 1 aromatic rings. The average Bonchev–Trinajstić information content (AvgIpc) is 2.83. The summed E-state index contributed by atoms with van der Waals surface area (Å²) in [4.78, 5) is 25.9. The van der Waals surface area contributed by atoms with E-state index in [4.69, 9.17) is 0 Å². The van der Waals surface area contributed by atoms with Crippen molar-refractivity contribution in [1.82, 2.24) is 10.2 Å². The highest BCUT2D eigenvalue weighted by molar-refractivity contribution is 9.10.